The Morgan fingerprint density at radius 1 is 1.27 bits per heavy atom. The van der Waals surface area contributed by atoms with Crippen LogP contribution in [-0.4, -0.2) is 53.7 Å². The molecule has 2 N–H and O–H groups in total. The summed E-state index contributed by atoms with van der Waals surface area (Å²) in [6.45, 7) is 2.75. The van der Waals surface area contributed by atoms with Gasteiger partial charge in [-0.25, -0.2) is 0 Å². The van der Waals surface area contributed by atoms with Crippen molar-refractivity contribution in [1.82, 2.24) is 9.80 Å². The van der Waals surface area contributed by atoms with Gasteiger partial charge in [-0.3, -0.25) is 14.4 Å². The van der Waals surface area contributed by atoms with Gasteiger partial charge in [-0.1, -0.05) is 0 Å². The van der Waals surface area contributed by atoms with Gasteiger partial charge in [0.15, 0.2) is 0 Å². The maximum Gasteiger partial charge on any atom is 0.242 e. The highest BCUT2D eigenvalue weighted by atomic mass is 16.2. The predicted molar refractivity (Wildman–Crippen MR) is 52.6 cm³/mol. The number of hydrogen-bond acceptors (Lipinski definition) is 3. The average Bonchev–Trinajstić information content (AvgIpc) is 2.18. The first kappa shape index (κ1) is 11.5. The minimum atomic E-state index is -0.465. The fourth-order valence-corrected chi connectivity index (χ4v) is 1.44. The first-order valence-electron chi connectivity index (χ1n) is 4.88. The van der Waals surface area contributed by atoms with Gasteiger partial charge < -0.3 is 15.5 Å². The quantitative estimate of drug-likeness (QED) is 0.620. The largest absolute Gasteiger partial charge is 0.370 e. The van der Waals surface area contributed by atoms with E-state index in [1.165, 1.54) is 9.80 Å². The smallest absolute Gasteiger partial charge is 0.242 e. The molecule has 0 aromatic carbocycles. The highest BCUT2D eigenvalue weighted by Gasteiger charge is 2.28. The van der Waals surface area contributed by atoms with Crippen molar-refractivity contribution in [3.63, 3.8) is 0 Å². The zero-order chi connectivity index (χ0) is 11.4. The molecule has 1 aliphatic heterocycles. The van der Waals surface area contributed by atoms with Crippen molar-refractivity contribution < 1.29 is 14.4 Å². The molecule has 0 radical (unpaired) electrons. The van der Waals surface area contributed by atoms with Crippen LogP contribution in [-0.2, 0) is 14.4 Å². The summed E-state index contributed by atoms with van der Waals surface area (Å²) in [6.07, 6.45) is 0.102. The second-order valence-electron chi connectivity index (χ2n) is 3.44. The van der Waals surface area contributed by atoms with Crippen LogP contribution < -0.4 is 5.73 Å². The zero-order valence-electron chi connectivity index (χ0n) is 8.73. The van der Waals surface area contributed by atoms with Crippen LogP contribution in [0.5, 0.6) is 0 Å². The third kappa shape index (κ3) is 2.93. The molecule has 3 amide bonds. The first-order valence-corrected chi connectivity index (χ1v) is 4.88. The number of carbonyl (C=O) groups is 3. The number of rotatable bonds is 4. The number of primary amides is 1. The number of nitrogens with two attached hydrogens (primary N) is 1. The van der Waals surface area contributed by atoms with Crippen molar-refractivity contribution in [2.75, 3.05) is 26.2 Å². The van der Waals surface area contributed by atoms with Gasteiger partial charge in [-0.2, -0.15) is 0 Å². The average molecular weight is 213 g/mol. The molecule has 0 aliphatic carbocycles. The van der Waals surface area contributed by atoms with Crippen LogP contribution in [0.4, 0.5) is 0 Å². The fraction of sp³-hybridized carbons (Fsp3) is 0.667. The number of nitrogens with zero attached hydrogens (tertiary/aromatic N) is 2. The summed E-state index contributed by atoms with van der Waals surface area (Å²) in [7, 11) is 0. The minimum Gasteiger partial charge on any atom is -0.370 e. The van der Waals surface area contributed by atoms with E-state index in [0.717, 1.165) is 0 Å². The Bertz CT molecular complexity index is 290. The van der Waals surface area contributed by atoms with Crippen LogP contribution in [0.1, 0.15) is 13.3 Å². The molecule has 0 saturated carbocycles. The summed E-state index contributed by atoms with van der Waals surface area (Å²) in [5.74, 6) is -0.674. The van der Waals surface area contributed by atoms with Gasteiger partial charge in [0.05, 0.1) is 13.1 Å². The third-order valence-electron chi connectivity index (χ3n) is 2.37. The van der Waals surface area contributed by atoms with E-state index in [4.69, 9.17) is 5.73 Å². The second kappa shape index (κ2) is 4.77. The van der Waals surface area contributed by atoms with Gasteiger partial charge in [0, 0.05) is 19.5 Å². The molecule has 0 aromatic heterocycles. The molecule has 1 aliphatic rings. The van der Waals surface area contributed by atoms with Crippen LogP contribution in [0.2, 0.25) is 0 Å². The molecule has 0 atom stereocenters. The lowest BCUT2D eigenvalue weighted by Crippen LogP contribution is -2.54. The van der Waals surface area contributed by atoms with Gasteiger partial charge in [0.1, 0.15) is 0 Å². The third-order valence-corrected chi connectivity index (χ3v) is 2.37. The van der Waals surface area contributed by atoms with Crippen molar-refractivity contribution in [3.05, 3.63) is 0 Å². The van der Waals surface area contributed by atoms with E-state index in [1.807, 2.05) is 6.92 Å². The van der Waals surface area contributed by atoms with E-state index in [-0.39, 0.29) is 37.9 Å². The predicted octanol–water partition coefficient (Wildman–Crippen LogP) is -1.45. The Labute approximate surface area is 88.0 Å². The van der Waals surface area contributed by atoms with Crippen LogP contribution in [0, 0.1) is 0 Å². The van der Waals surface area contributed by atoms with Gasteiger partial charge in [-0.05, 0) is 6.92 Å². The number of hydrogen-bond donors (Lipinski definition) is 1. The van der Waals surface area contributed by atoms with Crippen molar-refractivity contribution in [3.8, 4) is 0 Å². The lowest BCUT2D eigenvalue weighted by Gasteiger charge is -2.32. The van der Waals surface area contributed by atoms with E-state index in [0.29, 0.717) is 6.54 Å². The zero-order valence-corrected chi connectivity index (χ0v) is 8.73. The Kier molecular flexibility index (Phi) is 3.65. The molecule has 6 heteroatoms. The van der Waals surface area contributed by atoms with Gasteiger partial charge >= 0.3 is 0 Å². The molecule has 0 spiro atoms. The maximum atomic E-state index is 11.5. The van der Waals surface area contributed by atoms with Crippen molar-refractivity contribution in [2.24, 2.45) is 5.73 Å². The summed E-state index contributed by atoms with van der Waals surface area (Å²) in [4.78, 5) is 36.3. The molecule has 0 aromatic rings. The Morgan fingerprint density at radius 3 is 2.33 bits per heavy atom. The summed E-state index contributed by atoms with van der Waals surface area (Å²) in [5.41, 5.74) is 4.97. The molecule has 1 heterocycles. The highest BCUT2D eigenvalue weighted by molar-refractivity contribution is 5.92. The molecule has 0 bridgehead atoms. The molecular formula is C9H15N3O3. The standard InChI is InChI=1S/C9H15N3O3/c1-2-11-5-9(15)12(6-8(11)14)4-3-7(10)13/h2-6H2,1H3,(H2,10,13). The lowest BCUT2D eigenvalue weighted by molar-refractivity contribution is -0.150. The van der Waals surface area contributed by atoms with Crippen molar-refractivity contribution in [2.45, 2.75) is 13.3 Å². The summed E-state index contributed by atoms with van der Waals surface area (Å²) in [5, 5.41) is 0. The highest BCUT2D eigenvalue weighted by Crippen LogP contribution is 2.04. The van der Waals surface area contributed by atoms with Crippen LogP contribution in [0.3, 0.4) is 0 Å². The molecule has 84 valence electrons. The molecular weight excluding hydrogens is 198 g/mol. The normalized spacial score (nSPS) is 17.1. The maximum absolute atomic E-state index is 11.5. The molecule has 1 rings (SSSR count). The molecule has 15 heavy (non-hydrogen) atoms. The monoisotopic (exact) mass is 213 g/mol. The summed E-state index contributed by atoms with van der Waals surface area (Å²) < 4.78 is 0. The van der Waals surface area contributed by atoms with Crippen LogP contribution >= 0.6 is 0 Å². The van der Waals surface area contributed by atoms with Gasteiger partial charge in [-0.15, -0.1) is 0 Å². The van der Waals surface area contributed by atoms with Crippen LogP contribution in [0.25, 0.3) is 0 Å². The molecule has 1 fully saturated rings. The van der Waals surface area contributed by atoms with E-state index < -0.39 is 5.91 Å². The Morgan fingerprint density at radius 2 is 1.80 bits per heavy atom. The van der Waals surface area contributed by atoms with E-state index in [2.05, 4.69) is 0 Å². The molecule has 0 unspecified atom stereocenters. The van der Waals surface area contributed by atoms with Crippen LogP contribution in [0.15, 0.2) is 0 Å². The molecule has 6 nitrogen and oxygen atoms in total. The number of amides is 3. The first-order chi connectivity index (χ1) is 7.04. The summed E-state index contributed by atoms with van der Waals surface area (Å²) >= 11 is 0. The lowest BCUT2D eigenvalue weighted by atomic mass is 10.2. The van der Waals surface area contributed by atoms with Gasteiger partial charge in [0.25, 0.3) is 0 Å². The Balaban J connectivity index is 2.51. The number of piperazine rings is 1. The van der Waals surface area contributed by atoms with E-state index in [1.54, 1.807) is 0 Å². The SMILES string of the molecule is CCN1CC(=O)N(CCC(N)=O)CC1=O. The number of likely N-dealkylation sites (N-methyl/N-ethyl adjacent to an activating group) is 1. The number of carbonyl (C=O) groups excluding carboxylic acids is 3. The Hall–Kier alpha value is -1.59. The van der Waals surface area contributed by atoms with E-state index in [9.17, 15) is 14.4 Å². The molecule has 1 saturated heterocycles. The second-order valence-corrected chi connectivity index (χ2v) is 3.44. The minimum absolute atomic E-state index is 0.0555. The van der Waals surface area contributed by atoms with Crippen molar-refractivity contribution >= 4 is 17.7 Å². The fourth-order valence-electron chi connectivity index (χ4n) is 1.44. The summed E-state index contributed by atoms with van der Waals surface area (Å²) in [6, 6.07) is 0. The van der Waals surface area contributed by atoms with Crippen molar-refractivity contribution in [1.29, 1.82) is 0 Å². The topological polar surface area (TPSA) is 83.7 Å². The van der Waals surface area contributed by atoms with Gasteiger partial charge in [0.2, 0.25) is 17.7 Å². The van der Waals surface area contributed by atoms with E-state index >= 15 is 0 Å².